The molecule has 132 valence electrons. The number of anilines is 1. The lowest BCUT2D eigenvalue weighted by atomic mass is 10.1. The molecule has 0 aliphatic carbocycles. The third-order valence-electron chi connectivity index (χ3n) is 3.30. The van der Waals surface area contributed by atoms with Crippen LogP contribution in [0.15, 0.2) is 58.5 Å². The number of para-hydroxylation sites is 1. The molecule has 0 bridgehead atoms. The van der Waals surface area contributed by atoms with E-state index in [2.05, 4.69) is 20.6 Å². The Hall–Kier alpha value is -2.36. The largest absolute Gasteiger partial charge is 0.329 e. The van der Waals surface area contributed by atoms with Crippen LogP contribution in [0.25, 0.3) is 0 Å². The number of hydrogen-bond donors (Lipinski definition) is 3. The van der Waals surface area contributed by atoms with Gasteiger partial charge >= 0.3 is 0 Å². The Morgan fingerprint density at radius 3 is 2.36 bits per heavy atom. The number of nitrogens with one attached hydrogen (secondary N) is 3. The molecule has 0 aliphatic rings. The number of benzene rings is 2. The smallest absolute Gasteiger partial charge is 0.240 e. The number of nitrogens with zero attached hydrogens (tertiary/aromatic N) is 1. The monoisotopic (exact) mass is 380 g/mol. The van der Waals surface area contributed by atoms with Gasteiger partial charge in [-0.2, -0.15) is 5.10 Å². The third kappa shape index (κ3) is 5.05. The number of thiocarbonyl (C=S) groups is 1. The highest BCUT2D eigenvalue weighted by molar-refractivity contribution is 7.89. The van der Waals surface area contributed by atoms with E-state index in [1.54, 1.807) is 37.3 Å². The molecule has 0 unspecified atom stereocenters. The SMILES string of the molecule is CNS(=O)(=O)c1ccc(/C(C)=N\NC(=S)Nc2ccccc2F)cc1. The summed E-state index contributed by atoms with van der Waals surface area (Å²) in [6, 6.07) is 12.4. The normalized spacial score (nSPS) is 11.9. The highest BCUT2D eigenvalue weighted by Crippen LogP contribution is 2.12. The van der Waals surface area contributed by atoms with E-state index in [0.717, 1.165) is 5.56 Å². The zero-order valence-electron chi connectivity index (χ0n) is 13.6. The maximum atomic E-state index is 13.5. The van der Waals surface area contributed by atoms with E-state index < -0.39 is 15.8 Å². The van der Waals surface area contributed by atoms with Crippen LogP contribution >= 0.6 is 12.2 Å². The third-order valence-corrected chi connectivity index (χ3v) is 4.92. The van der Waals surface area contributed by atoms with Gasteiger partial charge in [-0.25, -0.2) is 17.5 Å². The van der Waals surface area contributed by atoms with Crippen LogP contribution in [0.3, 0.4) is 0 Å². The molecule has 0 atom stereocenters. The molecule has 0 spiro atoms. The number of hydrazone groups is 1. The van der Waals surface area contributed by atoms with Crippen molar-refractivity contribution < 1.29 is 12.8 Å². The second kappa shape index (κ2) is 8.15. The van der Waals surface area contributed by atoms with Gasteiger partial charge < -0.3 is 5.32 Å². The zero-order chi connectivity index (χ0) is 18.4. The molecule has 9 heteroatoms. The van der Waals surface area contributed by atoms with E-state index >= 15 is 0 Å². The quantitative estimate of drug-likeness (QED) is 0.422. The molecule has 0 aromatic heterocycles. The van der Waals surface area contributed by atoms with Crippen molar-refractivity contribution in [1.82, 2.24) is 10.1 Å². The average Bonchev–Trinajstić information content (AvgIpc) is 2.61. The van der Waals surface area contributed by atoms with E-state index in [1.165, 1.54) is 25.2 Å². The van der Waals surface area contributed by atoms with Crippen molar-refractivity contribution in [3.8, 4) is 0 Å². The summed E-state index contributed by atoms with van der Waals surface area (Å²) in [6.45, 7) is 1.74. The molecule has 0 amide bonds. The summed E-state index contributed by atoms with van der Waals surface area (Å²) in [7, 11) is -2.13. The van der Waals surface area contributed by atoms with Crippen LogP contribution < -0.4 is 15.5 Å². The summed E-state index contributed by atoms with van der Waals surface area (Å²) in [5.41, 5.74) is 4.18. The predicted molar refractivity (Wildman–Crippen MR) is 101 cm³/mol. The van der Waals surface area contributed by atoms with Crippen LogP contribution in [0.1, 0.15) is 12.5 Å². The zero-order valence-corrected chi connectivity index (χ0v) is 15.2. The van der Waals surface area contributed by atoms with E-state index in [1.807, 2.05) is 0 Å². The van der Waals surface area contributed by atoms with Gasteiger partial charge in [-0.1, -0.05) is 24.3 Å². The number of halogens is 1. The highest BCUT2D eigenvalue weighted by Gasteiger charge is 2.11. The fourth-order valence-electron chi connectivity index (χ4n) is 1.91. The molecule has 0 aliphatic heterocycles. The van der Waals surface area contributed by atoms with Gasteiger partial charge in [-0.15, -0.1) is 0 Å². The Morgan fingerprint density at radius 2 is 1.76 bits per heavy atom. The molecule has 0 heterocycles. The minimum Gasteiger partial charge on any atom is -0.329 e. The Bertz CT molecular complexity index is 897. The van der Waals surface area contributed by atoms with Crippen molar-refractivity contribution in [1.29, 1.82) is 0 Å². The maximum absolute atomic E-state index is 13.5. The van der Waals surface area contributed by atoms with Crippen molar-refractivity contribution in [2.75, 3.05) is 12.4 Å². The predicted octanol–water partition coefficient (Wildman–Crippen LogP) is 2.44. The van der Waals surface area contributed by atoms with E-state index in [9.17, 15) is 12.8 Å². The van der Waals surface area contributed by atoms with Crippen LogP contribution in [-0.2, 0) is 10.0 Å². The summed E-state index contributed by atoms with van der Waals surface area (Å²) in [5.74, 6) is -0.423. The van der Waals surface area contributed by atoms with Gasteiger partial charge in [0.2, 0.25) is 10.0 Å². The highest BCUT2D eigenvalue weighted by atomic mass is 32.2. The van der Waals surface area contributed by atoms with Crippen molar-refractivity contribution >= 4 is 38.8 Å². The topological polar surface area (TPSA) is 82.6 Å². The van der Waals surface area contributed by atoms with Gasteiger partial charge in [-0.05, 0) is 56.0 Å². The second-order valence-electron chi connectivity index (χ2n) is 4.97. The molecule has 2 rings (SSSR count). The van der Waals surface area contributed by atoms with Gasteiger partial charge in [0.05, 0.1) is 16.3 Å². The first-order chi connectivity index (χ1) is 11.8. The lowest BCUT2D eigenvalue weighted by Gasteiger charge is -2.09. The summed E-state index contributed by atoms with van der Waals surface area (Å²) < 4.78 is 39.2. The van der Waals surface area contributed by atoms with Gasteiger partial charge in [0, 0.05) is 0 Å². The van der Waals surface area contributed by atoms with E-state index in [-0.39, 0.29) is 15.7 Å². The van der Waals surface area contributed by atoms with Crippen LogP contribution in [0.4, 0.5) is 10.1 Å². The summed E-state index contributed by atoms with van der Waals surface area (Å²) in [4.78, 5) is 0.163. The van der Waals surface area contributed by atoms with Gasteiger partial charge in [-0.3, -0.25) is 5.43 Å². The second-order valence-corrected chi connectivity index (χ2v) is 7.27. The van der Waals surface area contributed by atoms with Crippen LogP contribution in [0.2, 0.25) is 0 Å². The van der Waals surface area contributed by atoms with Crippen molar-refractivity contribution in [3.63, 3.8) is 0 Å². The molecule has 6 nitrogen and oxygen atoms in total. The Morgan fingerprint density at radius 1 is 1.12 bits per heavy atom. The summed E-state index contributed by atoms with van der Waals surface area (Å²) in [5, 5.41) is 6.95. The first kappa shape index (κ1) is 19.0. The van der Waals surface area contributed by atoms with E-state index in [4.69, 9.17) is 12.2 Å². The average molecular weight is 380 g/mol. The molecule has 0 fully saturated rings. The first-order valence-electron chi connectivity index (χ1n) is 7.23. The lowest BCUT2D eigenvalue weighted by molar-refractivity contribution is 0.588. The van der Waals surface area contributed by atoms with Gasteiger partial charge in [0.15, 0.2) is 5.11 Å². The minimum absolute atomic E-state index is 0.138. The summed E-state index contributed by atoms with van der Waals surface area (Å²) >= 11 is 5.07. The number of hydrogen-bond acceptors (Lipinski definition) is 4. The Balaban J connectivity index is 2.04. The minimum atomic E-state index is -3.48. The molecular formula is C16H17FN4O2S2. The number of rotatable bonds is 5. The molecule has 2 aromatic rings. The van der Waals surface area contributed by atoms with Crippen LogP contribution in [0, 0.1) is 5.82 Å². The summed E-state index contributed by atoms with van der Waals surface area (Å²) in [6.07, 6.45) is 0. The molecular weight excluding hydrogens is 363 g/mol. The van der Waals surface area contributed by atoms with Crippen LogP contribution in [0.5, 0.6) is 0 Å². The molecule has 25 heavy (non-hydrogen) atoms. The van der Waals surface area contributed by atoms with Crippen LogP contribution in [-0.4, -0.2) is 26.3 Å². The van der Waals surface area contributed by atoms with Crippen molar-refractivity contribution in [2.45, 2.75) is 11.8 Å². The number of sulfonamides is 1. The molecule has 0 radical (unpaired) electrons. The fraction of sp³-hybridized carbons (Fsp3) is 0.125. The van der Waals surface area contributed by atoms with Crippen molar-refractivity contribution in [2.24, 2.45) is 5.10 Å². The van der Waals surface area contributed by atoms with E-state index in [0.29, 0.717) is 5.71 Å². The van der Waals surface area contributed by atoms with Gasteiger partial charge in [0.1, 0.15) is 5.82 Å². The molecule has 3 N–H and O–H groups in total. The lowest BCUT2D eigenvalue weighted by Crippen LogP contribution is -2.25. The molecule has 2 aromatic carbocycles. The maximum Gasteiger partial charge on any atom is 0.240 e. The Labute approximate surface area is 151 Å². The standard InChI is InChI=1S/C16H17FN4O2S2/c1-11(12-7-9-13(10-8-12)25(22,23)18-2)20-21-16(24)19-15-6-4-3-5-14(15)17/h3-10,18H,1-2H3,(H2,19,21,24)/b20-11-. The molecule has 0 saturated heterocycles. The van der Waals surface area contributed by atoms with Crippen molar-refractivity contribution in [3.05, 3.63) is 59.9 Å². The fourth-order valence-corrected chi connectivity index (χ4v) is 2.79. The Kier molecular flexibility index (Phi) is 6.18. The molecule has 0 saturated carbocycles. The van der Waals surface area contributed by atoms with Gasteiger partial charge in [0.25, 0.3) is 0 Å². The first-order valence-corrected chi connectivity index (χ1v) is 9.12.